The number of rotatable bonds is 6. The van der Waals surface area contributed by atoms with Crippen molar-refractivity contribution >= 4 is 67.6 Å². The first-order valence-corrected chi connectivity index (χ1v) is 11.3. The summed E-state index contributed by atoms with van der Waals surface area (Å²) >= 11 is 15.1. The third-order valence-electron chi connectivity index (χ3n) is 4.13. The highest BCUT2D eigenvalue weighted by atomic mass is 35.5. The molecule has 2 aromatic carbocycles. The number of benzene rings is 2. The first kappa shape index (κ1) is 20.2. The number of carbonyl (C=O) groups excluding carboxylic acids is 1. The van der Waals surface area contributed by atoms with E-state index in [0.717, 1.165) is 15.2 Å². The smallest absolute Gasteiger partial charge is 0.239 e. The van der Waals surface area contributed by atoms with Crippen LogP contribution in [0.4, 0.5) is 5.13 Å². The number of thioether (sulfide) groups is 1. The van der Waals surface area contributed by atoms with E-state index in [1.165, 1.54) is 23.1 Å². The molecule has 4 nitrogen and oxygen atoms in total. The van der Waals surface area contributed by atoms with E-state index in [9.17, 15) is 4.79 Å². The fourth-order valence-corrected chi connectivity index (χ4v) is 4.89. The molecule has 1 amide bonds. The Labute approximate surface area is 186 Å². The molecule has 0 saturated heterocycles. The number of carbonyl (C=O) groups is 1. The van der Waals surface area contributed by atoms with Crippen molar-refractivity contribution in [2.45, 2.75) is 11.4 Å². The molecule has 29 heavy (non-hydrogen) atoms. The van der Waals surface area contributed by atoms with Crippen molar-refractivity contribution in [3.05, 3.63) is 82.6 Å². The lowest BCUT2D eigenvalue weighted by Crippen LogP contribution is -2.31. The van der Waals surface area contributed by atoms with Gasteiger partial charge in [0.2, 0.25) is 5.91 Å². The second-order valence-electron chi connectivity index (χ2n) is 6.17. The molecule has 0 fully saturated rings. The van der Waals surface area contributed by atoms with Gasteiger partial charge in [-0.05, 0) is 48.0 Å². The summed E-state index contributed by atoms with van der Waals surface area (Å²) in [7, 11) is 0. The molecule has 4 aromatic rings. The summed E-state index contributed by atoms with van der Waals surface area (Å²) in [5.74, 6) is 0.245. The number of amides is 1. The summed E-state index contributed by atoms with van der Waals surface area (Å²) in [6.45, 7) is 0.394. The second kappa shape index (κ2) is 9.13. The predicted molar refractivity (Wildman–Crippen MR) is 122 cm³/mol. The maximum absolute atomic E-state index is 13.1. The summed E-state index contributed by atoms with van der Waals surface area (Å²) in [6.07, 6.45) is 3.47. The van der Waals surface area contributed by atoms with Crippen LogP contribution in [0.3, 0.4) is 0 Å². The monoisotopic (exact) mass is 459 g/mol. The van der Waals surface area contributed by atoms with E-state index in [0.29, 0.717) is 27.2 Å². The zero-order chi connectivity index (χ0) is 20.2. The van der Waals surface area contributed by atoms with E-state index in [-0.39, 0.29) is 11.7 Å². The topological polar surface area (TPSA) is 46.1 Å². The number of pyridine rings is 1. The average molecular weight is 460 g/mol. The van der Waals surface area contributed by atoms with Crippen LogP contribution in [-0.4, -0.2) is 21.6 Å². The molecule has 2 heterocycles. The van der Waals surface area contributed by atoms with Gasteiger partial charge in [0.15, 0.2) is 5.13 Å². The Morgan fingerprint density at radius 1 is 1.07 bits per heavy atom. The van der Waals surface area contributed by atoms with Crippen molar-refractivity contribution in [1.29, 1.82) is 0 Å². The minimum absolute atomic E-state index is 0.0380. The van der Waals surface area contributed by atoms with E-state index in [1.807, 2.05) is 48.5 Å². The molecule has 8 heteroatoms. The zero-order valence-electron chi connectivity index (χ0n) is 15.1. The van der Waals surface area contributed by atoms with Crippen molar-refractivity contribution in [3.8, 4) is 0 Å². The van der Waals surface area contributed by atoms with E-state index < -0.39 is 0 Å². The SMILES string of the molecule is O=C(CSc1ccc(Cl)cc1)N(Cc1cccnc1)c1nc2c(Cl)cccc2s1. The Morgan fingerprint density at radius 3 is 2.62 bits per heavy atom. The Balaban J connectivity index is 1.60. The van der Waals surface area contributed by atoms with Gasteiger partial charge in [-0.2, -0.15) is 0 Å². The van der Waals surface area contributed by atoms with Crippen molar-refractivity contribution in [3.63, 3.8) is 0 Å². The number of thiazole rings is 1. The summed E-state index contributed by atoms with van der Waals surface area (Å²) in [5, 5.41) is 1.87. The largest absolute Gasteiger partial charge is 0.283 e. The van der Waals surface area contributed by atoms with Gasteiger partial charge in [-0.1, -0.05) is 46.7 Å². The molecule has 0 N–H and O–H groups in total. The molecule has 0 saturated carbocycles. The van der Waals surface area contributed by atoms with Crippen molar-refractivity contribution < 1.29 is 4.79 Å². The molecule has 0 bridgehead atoms. The summed E-state index contributed by atoms with van der Waals surface area (Å²) in [5.41, 5.74) is 1.64. The molecule has 0 aliphatic carbocycles. The van der Waals surface area contributed by atoms with Crippen LogP contribution in [0.25, 0.3) is 10.2 Å². The summed E-state index contributed by atoms with van der Waals surface area (Å²) < 4.78 is 0.946. The normalized spacial score (nSPS) is 11.0. The van der Waals surface area contributed by atoms with Crippen LogP contribution >= 0.6 is 46.3 Å². The van der Waals surface area contributed by atoms with Crippen LogP contribution in [0.2, 0.25) is 10.0 Å². The number of halogens is 2. The van der Waals surface area contributed by atoms with E-state index in [4.69, 9.17) is 23.2 Å². The first-order valence-electron chi connectivity index (χ1n) is 8.73. The molecule has 2 aromatic heterocycles. The Morgan fingerprint density at radius 2 is 1.90 bits per heavy atom. The molecule has 4 rings (SSSR count). The van der Waals surface area contributed by atoms with Gasteiger partial charge in [0.25, 0.3) is 0 Å². The molecule has 146 valence electrons. The number of hydrogen-bond donors (Lipinski definition) is 0. The molecule has 0 radical (unpaired) electrons. The molecule has 0 spiro atoms. The minimum atomic E-state index is -0.0380. The maximum Gasteiger partial charge on any atom is 0.239 e. The summed E-state index contributed by atoms with van der Waals surface area (Å²) in [6, 6.07) is 16.9. The Kier molecular flexibility index (Phi) is 6.35. The fourth-order valence-electron chi connectivity index (χ4n) is 2.71. The van der Waals surface area contributed by atoms with Crippen molar-refractivity contribution in [1.82, 2.24) is 9.97 Å². The highest BCUT2D eigenvalue weighted by molar-refractivity contribution is 8.00. The lowest BCUT2D eigenvalue weighted by Gasteiger charge is -2.19. The van der Waals surface area contributed by atoms with Crippen LogP contribution in [0.1, 0.15) is 5.56 Å². The highest BCUT2D eigenvalue weighted by Gasteiger charge is 2.21. The fraction of sp³-hybridized carbons (Fsp3) is 0.0952. The van der Waals surface area contributed by atoms with Crippen LogP contribution < -0.4 is 4.90 Å². The van der Waals surface area contributed by atoms with Gasteiger partial charge in [0, 0.05) is 22.3 Å². The molecular formula is C21H15Cl2N3OS2. The number of hydrogen-bond acceptors (Lipinski definition) is 5. The van der Waals surface area contributed by atoms with Crippen LogP contribution in [0, 0.1) is 0 Å². The first-order chi connectivity index (χ1) is 14.1. The number of nitrogens with zero attached hydrogens (tertiary/aromatic N) is 3. The summed E-state index contributed by atoms with van der Waals surface area (Å²) in [4.78, 5) is 24.6. The van der Waals surface area contributed by atoms with Crippen molar-refractivity contribution in [2.24, 2.45) is 0 Å². The third-order valence-corrected chi connectivity index (χ3v) is 6.73. The van der Waals surface area contributed by atoms with Gasteiger partial charge in [-0.25, -0.2) is 4.98 Å². The van der Waals surface area contributed by atoms with E-state index in [2.05, 4.69) is 9.97 Å². The van der Waals surface area contributed by atoms with E-state index >= 15 is 0 Å². The Bertz CT molecular complexity index is 1130. The lowest BCUT2D eigenvalue weighted by molar-refractivity contribution is -0.116. The second-order valence-corrected chi connectivity index (χ2v) is 9.07. The number of fused-ring (bicyclic) bond motifs is 1. The van der Waals surface area contributed by atoms with Gasteiger partial charge in [0.05, 0.1) is 22.0 Å². The molecule has 0 unspecified atom stereocenters. The van der Waals surface area contributed by atoms with Gasteiger partial charge in [-0.15, -0.1) is 11.8 Å². The van der Waals surface area contributed by atoms with E-state index in [1.54, 1.807) is 23.4 Å². The average Bonchev–Trinajstić information content (AvgIpc) is 3.17. The number of anilines is 1. The Hall–Kier alpha value is -2.12. The molecule has 0 aliphatic heterocycles. The van der Waals surface area contributed by atoms with Crippen LogP contribution in [0.5, 0.6) is 0 Å². The number of aromatic nitrogens is 2. The van der Waals surface area contributed by atoms with Crippen LogP contribution in [0.15, 0.2) is 71.9 Å². The van der Waals surface area contributed by atoms with Gasteiger partial charge in [-0.3, -0.25) is 14.7 Å². The van der Waals surface area contributed by atoms with Gasteiger partial charge >= 0.3 is 0 Å². The van der Waals surface area contributed by atoms with Crippen molar-refractivity contribution in [2.75, 3.05) is 10.7 Å². The molecule has 0 atom stereocenters. The maximum atomic E-state index is 13.1. The zero-order valence-corrected chi connectivity index (χ0v) is 18.2. The molecular weight excluding hydrogens is 445 g/mol. The standard InChI is InChI=1S/C21H15Cl2N3OS2/c22-15-6-8-16(9-7-15)28-13-19(27)26(12-14-3-2-10-24-11-14)21-25-20-17(23)4-1-5-18(20)29-21/h1-11H,12-13H2. The minimum Gasteiger partial charge on any atom is -0.283 e. The van der Waals surface area contributed by atoms with Gasteiger partial charge in [0.1, 0.15) is 5.52 Å². The lowest BCUT2D eigenvalue weighted by atomic mass is 10.2. The quantitative estimate of drug-likeness (QED) is 0.316. The highest BCUT2D eigenvalue weighted by Crippen LogP contribution is 2.34. The predicted octanol–water partition coefficient (Wildman–Crippen LogP) is 6.32. The van der Waals surface area contributed by atoms with Crippen LogP contribution in [-0.2, 0) is 11.3 Å². The third kappa shape index (κ3) is 4.90. The van der Waals surface area contributed by atoms with Gasteiger partial charge < -0.3 is 0 Å². The molecule has 0 aliphatic rings. The number of para-hydroxylation sites is 1.